The van der Waals surface area contributed by atoms with E-state index in [9.17, 15) is 9.59 Å². The van der Waals surface area contributed by atoms with Crippen LogP contribution in [-0.4, -0.2) is 30.8 Å². The van der Waals surface area contributed by atoms with Gasteiger partial charge in [-0.2, -0.15) is 0 Å². The van der Waals surface area contributed by atoms with Crippen molar-refractivity contribution in [3.8, 4) is 11.5 Å². The third kappa shape index (κ3) is 4.89. The summed E-state index contributed by atoms with van der Waals surface area (Å²) in [5, 5.41) is 6.20. The SMILES string of the molecule is Cc1ccc(CCNC(=O)c2cccc(N3C(=O)NC4CC3(C)Oc3c(OCC56CCC(CC5)C6)cccc34)c2)cc1. The van der Waals surface area contributed by atoms with Crippen LogP contribution in [0, 0.1) is 18.3 Å². The quantitative estimate of drug-likeness (QED) is 0.319. The molecule has 0 spiro atoms. The van der Waals surface area contributed by atoms with Crippen molar-refractivity contribution < 1.29 is 19.1 Å². The fourth-order valence-electron chi connectivity index (χ4n) is 7.57. The van der Waals surface area contributed by atoms with Gasteiger partial charge in [-0.15, -0.1) is 0 Å². The van der Waals surface area contributed by atoms with Gasteiger partial charge in [-0.3, -0.25) is 9.69 Å². The molecule has 0 aromatic heterocycles. The van der Waals surface area contributed by atoms with E-state index in [0.29, 0.717) is 42.0 Å². The second-order valence-corrected chi connectivity index (χ2v) is 13.0. The minimum atomic E-state index is -0.940. The van der Waals surface area contributed by atoms with Gasteiger partial charge in [0.05, 0.1) is 18.3 Å². The van der Waals surface area contributed by atoms with Gasteiger partial charge in [-0.1, -0.05) is 48.0 Å². The summed E-state index contributed by atoms with van der Waals surface area (Å²) >= 11 is 0. The van der Waals surface area contributed by atoms with Gasteiger partial charge < -0.3 is 20.1 Å². The van der Waals surface area contributed by atoms with Crippen molar-refractivity contribution in [2.75, 3.05) is 18.1 Å². The molecular weight excluding hydrogens is 526 g/mol. The predicted octanol–water partition coefficient (Wildman–Crippen LogP) is 6.70. The summed E-state index contributed by atoms with van der Waals surface area (Å²) in [5.74, 6) is 2.14. The molecular formula is C35H39N3O4. The van der Waals surface area contributed by atoms with E-state index >= 15 is 0 Å². The Bertz CT molecular complexity index is 1510. The number of nitrogens with zero attached hydrogens (tertiary/aromatic N) is 1. The molecule has 2 N–H and O–H groups in total. The summed E-state index contributed by atoms with van der Waals surface area (Å²) in [6.45, 7) is 5.25. The second-order valence-electron chi connectivity index (χ2n) is 13.0. The van der Waals surface area contributed by atoms with Crippen LogP contribution >= 0.6 is 0 Å². The summed E-state index contributed by atoms with van der Waals surface area (Å²) < 4.78 is 13.2. The van der Waals surface area contributed by atoms with Crippen LogP contribution in [0.15, 0.2) is 66.7 Å². The smallest absolute Gasteiger partial charge is 0.325 e. The Labute approximate surface area is 247 Å². The zero-order valence-electron chi connectivity index (χ0n) is 24.4. The van der Waals surface area contributed by atoms with Gasteiger partial charge in [0.25, 0.3) is 5.91 Å². The lowest BCUT2D eigenvalue weighted by Gasteiger charge is -2.50. The molecule has 2 heterocycles. The van der Waals surface area contributed by atoms with Crippen molar-refractivity contribution >= 4 is 17.6 Å². The van der Waals surface area contributed by atoms with Crippen molar-refractivity contribution in [3.63, 3.8) is 0 Å². The van der Waals surface area contributed by atoms with Crippen molar-refractivity contribution in [1.82, 2.24) is 10.6 Å². The first-order chi connectivity index (χ1) is 20.3. The Morgan fingerprint density at radius 3 is 2.62 bits per heavy atom. The number of fused-ring (bicyclic) bond motifs is 6. The number of carbonyl (C=O) groups excluding carboxylic acids is 2. The van der Waals surface area contributed by atoms with Crippen LogP contribution < -0.4 is 25.0 Å². The third-order valence-corrected chi connectivity index (χ3v) is 9.87. The van der Waals surface area contributed by atoms with Crippen LogP contribution in [0.1, 0.15) is 78.5 Å². The molecule has 2 saturated carbocycles. The molecule has 3 amide bonds. The number of para-hydroxylation sites is 1. The van der Waals surface area contributed by atoms with Gasteiger partial charge in [0.1, 0.15) is 0 Å². The third-order valence-electron chi connectivity index (χ3n) is 9.87. The number of aryl methyl sites for hydroxylation is 1. The van der Waals surface area contributed by atoms with E-state index in [-0.39, 0.29) is 18.0 Å². The molecule has 2 aliphatic heterocycles. The zero-order valence-corrected chi connectivity index (χ0v) is 24.4. The Hall–Kier alpha value is -4.00. The standard InChI is InChI=1S/C35H39N3O4/c1-23-9-11-24(12-10-23)15-18-36-32(39)26-5-3-6-27(19-26)38-33(40)37-29-21-34(38,2)42-31-28(29)7-4-8-30(31)41-22-35-16-13-25(20-35)14-17-35/h3-12,19,25,29H,13-18,20-22H2,1-2H3,(H,36,39)(H,37,40). The summed E-state index contributed by atoms with van der Waals surface area (Å²) in [5.41, 5.74) is 3.81. The molecule has 3 aromatic rings. The van der Waals surface area contributed by atoms with Gasteiger partial charge >= 0.3 is 6.03 Å². The van der Waals surface area contributed by atoms with E-state index in [0.717, 1.165) is 23.7 Å². The number of nitrogens with one attached hydrogen (secondary N) is 2. The number of urea groups is 1. The molecule has 2 atom stereocenters. The van der Waals surface area contributed by atoms with E-state index in [2.05, 4.69) is 41.8 Å². The number of ether oxygens (including phenoxy) is 2. The Morgan fingerprint density at radius 2 is 1.86 bits per heavy atom. The first-order valence-electron chi connectivity index (χ1n) is 15.3. The minimum absolute atomic E-state index is 0.171. The molecule has 4 bridgehead atoms. The molecule has 7 nitrogen and oxygen atoms in total. The molecule has 1 saturated heterocycles. The molecule has 2 unspecified atom stereocenters. The van der Waals surface area contributed by atoms with Crippen molar-refractivity contribution in [3.05, 3.63) is 89.0 Å². The summed E-state index contributed by atoms with van der Waals surface area (Å²) in [4.78, 5) is 28.2. The molecule has 3 fully saturated rings. The van der Waals surface area contributed by atoms with E-state index in [1.165, 1.54) is 43.2 Å². The van der Waals surface area contributed by atoms with Crippen molar-refractivity contribution in [1.29, 1.82) is 0 Å². The molecule has 4 aliphatic rings. The fourth-order valence-corrected chi connectivity index (χ4v) is 7.57. The average Bonchev–Trinajstić information content (AvgIpc) is 3.59. The summed E-state index contributed by atoms with van der Waals surface area (Å²) in [7, 11) is 0. The van der Waals surface area contributed by atoms with Crippen LogP contribution in [0.4, 0.5) is 10.5 Å². The molecule has 218 valence electrons. The van der Waals surface area contributed by atoms with E-state index in [1.54, 1.807) is 17.0 Å². The highest BCUT2D eigenvalue weighted by molar-refractivity contribution is 5.99. The molecule has 0 radical (unpaired) electrons. The number of rotatable bonds is 8. The van der Waals surface area contributed by atoms with Crippen LogP contribution in [-0.2, 0) is 6.42 Å². The molecule has 2 aliphatic carbocycles. The topological polar surface area (TPSA) is 79.9 Å². The molecule has 7 rings (SSSR count). The minimum Gasteiger partial charge on any atom is -0.489 e. The lowest BCUT2D eigenvalue weighted by atomic mass is 9.85. The Morgan fingerprint density at radius 1 is 1.07 bits per heavy atom. The summed E-state index contributed by atoms with van der Waals surface area (Å²) in [6.07, 6.45) is 7.71. The highest BCUT2D eigenvalue weighted by atomic mass is 16.5. The number of hydrogen-bond acceptors (Lipinski definition) is 4. The van der Waals surface area contributed by atoms with Gasteiger partial charge in [0, 0.05) is 29.5 Å². The lowest BCUT2D eigenvalue weighted by Crippen LogP contribution is -2.65. The van der Waals surface area contributed by atoms with Crippen LogP contribution in [0.2, 0.25) is 0 Å². The first kappa shape index (κ1) is 26.9. The first-order valence-corrected chi connectivity index (χ1v) is 15.3. The van der Waals surface area contributed by atoms with Gasteiger partial charge in [0.2, 0.25) is 0 Å². The zero-order chi connectivity index (χ0) is 28.9. The van der Waals surface area contributed by atoms with Gasteiger partial charge in [0.15, 0.2) is 17.2 Å². The number of benzene rings is 3. The fraction of sp³-hybridized carbons (Fsp3) is 0.429. The largest absolute Gasteiger partial charge is 0.489 e. The number of carbonyl (C=O) groups is 2. The molecule has 3 aromatic carbocycles. The van der Waals surface area contributed by atoms with E-state index < -0.39 is 5.72 Å². The molecule has 7 heteroatoms. The van der Waals surface area contributed by atoms with E-state index in [4.69, 9.17) is 9.47 Å². The normalized spacial score (nSPS) is 27.2. The van der Waals surface area contributed by atoms with Crippen LogP contribution in [0.5, 0.6) is 11.5 Å². The Balaban J connectivity index is 1.09. The maximum atomic E-state index is 13.5. The lowest BCUT2D eigenvalue weighted by molar-refractivity contribution is 0.0321. The van der Waals surface area contributed by atoms with E-state index in [1.807, 2.05) is 37.3 Å². The maximum absolute atomic E-state index is 13.5. The number of anilines is 1. The highest BCUT2D eigenvalue weighted by Gasteiger charge is 2.51. The molecule has 42 heavy (non-hydrogen) atoms. The maximum Gasteiger partial charge on any atom is 0.325 e. The average molecular weight is 566 g/mol. The second kappa shape index (κ2) is 10.4. The van der Waals surface area contributed by atoms with Crippen LogP contribution in [0.25, 0.3) is 0 Å². The van der Waals surface area contributed by atoms with Gasteiger partial charge in [-0.05, 0) is 88.1 Å². The van der Waals surface area contributed by atoms with Gasteiger partial charge in [-0.25, -0.2) is 4.79 Å². The number of amides is 3. The predicted molar refractivity (Wildman–Crippen MR) is 162 cm³/mol. The van der Waals surface area contributed by atoms with Crippen LogP contribution in [0.3, 0.4) is 0 Å². The Kier molecular flexibility index (Phi) is 6.63. The summed E-state index contributed by atoms with van der Waals surface area (Å²) in [6, 6.07) is 21.1. The monoisotopic (exact) mass is 565 g/mol. The number of hydrogen-bond donors (Lipinski definition) is 2. The van der Waals surface area contributed by atoms with Crippen molar-refractivity contribution in [2.45, 2.75) is 70.6 Å². The van der Waals surface area contributed by atoms with Crippen molar-refractivity contribution in [2.24, 2.45) is 11.3 Å². The highest BCUT2D eigenvalue weighted by Crippen LogP contribution is 2.55.